The first-order valence-corrected chi connectivity index (χ1v) is 0. The fourth-order valence-electron chi connectivity index (χ4n) is 0. The first-order valence-electron chi connectivity index (χ1n) is 0. The second-order valence-corrected chi connectivity index (χ2v) is 0. The van der Waals surface area contributed by atoms with Gasteiger partial charge in [-0.15, -0.1) is 0 Å². The Kier molecular flexibility index (Phi) is 361. The van der Waals surface area contributed by atoms with E-state index >= 15 is 0 Å². The molecule has 5 heteroatoms. The van der Waals surface area contributed by atoms with Crippen LogP contribution in [0.15, 0.2) is 0 Å². The minimum atomic E-state index is 0. The van der Waals surface area contributed by atoms with Crippen LogP contribution in [0.3, 0.4) is 0 Å². The van der Waals surface area contributed by atoms with Gasteiger partial charge >= 0.3 is 32.7 Å². The predicted molar refractivity (Wildman–Crippen MR) is 2.06 cm³/mol. The van der Waals surface area contributed by atoms with Crippen molar-refractivity contribution in [1.29, 1.82) is 0 Å². The van der Waals surface area contributed by atoms with E-state index in [9.17, 15) is 0 Å². The van der Waals surface area contributed by atoms with E-state index in [1.165, 1.54) is 0 Å². The fraction of sp³-hybridized carbons (Fsp3) is 0. The third-order valence-electron chi connectivity index (χ3n) is 0. The summed E-state index contributed by atoms with van der Waals surface area (Å²) < 4.78 is 0. The van der Waals surface area contributed by atoms with Crippen molar-refractivity contribution in [3.63, 3.8) is 0 Å². The third-order valence-corrected chi connectivity index (χ3v) is 0. The third kappa shape index (κ3) is 21.9. The summed E-state index contributed by atoms with van der Waals surface area (Å²) in [6, 6.07) is 0. The maximum Gasteiger partial charge on any atom is 3.00 e. The molecule has 0 aliphatic carbocycles. The van der Waals surface area contributed by atoms with Crippen molar-refractivity contribution in [2.45, 2.75) is 0 Å². The quantitative estimate of drug-likeness (QED) is 0.581. The monoisotopic (exact) mass is 282 g/mol. The molecular formula is O3PmY-3. The Bertz CT molecular complexity index is 6.85. The Morgan fingerprint density at radius 2 is 0.600 bits per heavy atom. The van der Waals surface area contributed by atoms with Gasteiger partial charge in [-0.2, -0.15) is 0 Å². The molecule has 0 fully saturated rings. The summed E-state index contributed by atoms with van der Waals surface area (Å²) in [6.07, 6.45) is 0. The Balaban J connectivity index is 0. The van der Waals surface area contributed by atoms with Gasteiger partial charge in [0, 0.05) is 40.4 Å². The zero-order valence-corrected chi connectivity index (χ0v) is 7.96. The molecule has 0 atom stereocenters. The standard InChI is InChI=1S/3O.Pm.Y/q3*-2;;+3. The molecule has 0 unspecified atom stereocenters. The topological polar surface area (TPSA) is 85.5 Å². The SMILES string of the molecule is [O-2].[O-2].[O-2].[Pm].[Y+3]. The second-order valence-electron chi connectivity index (χ2n) is 0. The van der Waals surface area contributed by atoms with Gasteiger partial charge in [-0.05, 0) is 0 Å². The Morgan fingerprint density at radius 3 is 0.600 bits per heavy atom. The van der Waals surface area contributed by atoms with Crippen molar-refractivity contribution in [2.75, 3.05) is 0 Å². The van der Waals surface area contributed by atoms with E-state index in [0.29, 0.717) is 0 Å². The Hall–Kier alpha value is 2.32. The van der Waals surface area contributed by atoms with E-state index in [1.54, 1.807) is 0 Å². The van der Waals surface area contributed by atoms with Crippen LogP contribution in [0.2, 0.25) is 0 Å². The summed E-state index contributed by atoms with van der Waals surface area (Å²) in [4.78, 5) is 0. The average molecular weight is 282 g/mol. The van der Waals surface area contributed by atoms with Gasteiger partial charge in [0.15, 0.2) is 0 Å². The van der Waals surface area contributed by atoms with Gasteiger partial charge in [0.1, 0.15) is 0 Å². The largest absolute Gasteiger partial charge is 3.00 e. The van der Waals surface area contributed by atoms with Crippen LogP contribution in [-0.2, 0) is 49.1 Å². The van der Waals surface area contributed by atoms with E-state index in [-0.39, 0.29) is 89.5 Å². The molecule has 1 radical (unpaired) electrons. The molecule has 0 spiro atoms. The summed E-state index contributed by atoms with van der Waals surface area (Å²) in [5.74, 6) is 0. The van der Waals surface area contributed by atoms with Crippen molar-refractivity contribution >= 4 is 0 Å². The van der Waals surface area contributed by atoms with Crippen LogP contribution in [0.1, 0.15) is 0 Å². The number of rotatable bonds is 0. The minimum Gasteiger partial charge on any atom is -2.00 e. The maximum atomic E-state index is 0. The van der Waals surface area contributed by atoms with E-state index in [1.807, 2.05) is 0 Å². The first kappa shape index (κ1) is 54.3. The molecule has 0 aromatic carbocycles. The van der Waals surface area contributed by atoms with Gasteiger partial charge in [0.2, 0.25) is 0 Å². The molecule has 3 nitrogen and oxygen atoms in total. The molecule has 0 bridgehead atoms. The van der Waals surface area contributed by atoms with Crippen molar-refractivity contribution in [3.05, 3.63) is 0 Å². The zero-order valence-electron chi connectivity index (χ0n) is 2.25. The molecule has 29 valence electrons. The maximum absolute atomic E-state index is 0. The normalized spacial score (nSPS) is 0. The molecule has 0 heterocycles. The van der Waals surface area contributed by atoms with Gasteiger partial charge < -0.3 is 16.4 Å². The summed E-state index contributed by atoms with van der Waals surface area (Å²) in [5, 5.41) is 0. The Labute approximate surface area is 87.8 Å². The molecule has 0 aromatic rings. The molecule has 0 N–H and O–H groups in total. The van der Waals surface area contributed by atoms with Crippen LogP contribution in [0.5, 0.6) is 0 Å². The predicted octanol–water partition coefficient (Wildman–Crippen LogP) is -0.359. The summed E-state index contributed by atoms with van der Waals surface area (Å²) in [7, 11) is 0. The van der Waals surface area contributed by atoms with Crippen molar-refractivity contribution < 1.29 is 89.5 Å². The van der Waals surface area contributed by atoms with Crippen LogP contribution < -0.4 is 0 Å². The van der Waals surface area contributed by atoms with E-state index in [4.69, 9.17) is 0 Å². The molecule has 0 saturated heterocycles. The molecule has 0 saturated carbocycles. The average Bonchev–Trinajstić information content (AvgIpc) is 0. The van der Waals surface area contributed by atoms with Crippen LogP contribution in [0.4, 0.5) is 0 Å². The van der Waals surface area contributed by atoms with E-state index in [2.05, 4.69) is 0 Å². The summed E-state index contributed by atoms with van der Waals surface area (Å²) >= 11 is 0. The van der Waals surface area contributed by atoms with Gasteiger partial charge in [-0.1, -0.05) is 0 Å². The zero-order chi connectivity index (χ0) is 0. The second kappa shape index (κ2) is 33.2. The van der Waals surface area contributed by atoms with Crippen molar-refractivity contribution in [2.24, 2.45) is 0 Å². The first-order chi connectivity index (χ1) is 0. The van der Waals surface area contributed by atoms with Gasteiger partial charge in [-0.3, -0.25) is 0 Å². The number of hydrogen-bond acceptors (Lipinski definition) is 0. The van der Waals surface area contributed by atoms with Gasteiger partial charge in [0.25, 0.3) is 0 Å². The fourth-order valence-corrected chi connectivity index (χ4v) is 0. The van der Waals surface area contributed by atoms with E-state index in [0.717, 1.165) is 0 Å². The molecule has 0 rings (SSSR count). The van der Waals surface area contributed by atoms with Gasteiger partial charge in [-0.25, -0.2) is 0 Å². The molecular weight excluding hydrogens is 282 g/mol. The van der Waals surface area contributed by atoms with Gasteiger partial charge in [0.05, 0.1) is 0 Å². The minimum absolute atomic E-state index is 0. The van der Waals surface area contributed by atoms with Crippen LogP contribution in [0.25, 0.3) is 0 Å². The van der Waals surface area contributed by atoms with Crippen LogP contribution in [-0.4, -0.2) is 0 Å². The van der Waals surface area contributed by atoms with Crippen molar-refractivity contribution in [1.82, 2.24) is 0 Å². The van der Waals surface area contributed by atoms with Crippen LogP contribution in [0, 0.1) is 40.4 Å². The summed E-state index contributed by atoms with van der Waals surface area (Å²) in [6.45, 7) is 0. The molecule has 0 aliphatic heterocycles. The smallest absolute Gasteiger partial charge is 2.00 e. The molecule has 5 heavy (non-hydrogen) atoms. The Morgan fingerprint density at radius 1 is 0.600 bits per heavy atom. The molecule has 0 aromatic heterocycles. The molecule has 0 amide bonds. The van der Waals surface area contributed by atoms with Crippen molar-refractivity contribution in [3.8, 4) is 0 Å². The van der Waals surface area contributed by atoms with E-state index < -0.39 is 0 Å². The number of hydrogen-bond donors (Lipinski definition) is 0. The molecule has 0 aliphatic rings. The van der Waals surface area contributed by atoms with Crippen LogP contribution >= 0.6 is 0 Å². The summed E-state index contributed by atoms with van der Waals surface area (Å²) in [5.41, 5.74) is 0.